The zero-order valence-corrected chi connectivity index (χ0v) is 14.5. The van der Waals surface area contributed by atoms with Crippen molar-refractivity contribution in [1.29, 1.82) is 0 Å². The Morgan fingerprint density at radius 2 is 2.27 bits per heavy atom. The van der Waals surface area contributed by atoms with E-state index in [1.54, 1.807) is 22.7 Å². The van der Waals surface area contributed by atoms with Crippen molar-refractivity contribution in [3.8, 4) is 0 Å². The van der Waals surface area contributed by atoms with Gasteiger partial charge in [0.1, 0.15) is 0 Å². The number of rotatable bonds is 5. The van der Waals surface area contributed by atoms with Gasteiger partial charge in [0.05, 0.1) is 5.02 Å². The Hall–Kier alpha value is -0.950. The minimum atomic E-state index is 0.00994. The molecule has 0 saturated carbocycles. The van der Waals surface area contributed by atoms with E-state index in [-0.39, 0.29) is 5.91 Å². The fraction of sp³-hybridized carbons (Fsp3) is 0.467. The highest BCUT2D eigenvalue weighted by atomic mass is 35.5. The van der Waals surface area contributed by atoms with E-state index >= 15 is 0 Å². The summed E-state index contributed by atoms with van der Waals surface area (Å²) in [5.74, 6) is 0.591. The van der Waals surface area contributed by atoms with Crippen molar-refractivity contribution in [1.82, 2.24) is 10.3 Å². The number of thiophene rings is 1. The van der Waals surface area contributed by atoms with Crippen LogP contribution in [-0.4, -0.2) is 24.0 Å². The van der Waals surface area contributed by atoms with Crippen LogP contribution in [0.1, 0.15) is 34.9 Å². The Bertz CT molecular complexity index is 634. The van der Waals surface area contributed by atoms with Crippen LogP contribution in [0.25, 0.3) is 0 Å². The van der Waals surface area contributed by atoms with E-state index in [1.165, 1.54) is 4.88 Å². The third-order valence-corrected chi connectivity index (χ3v) is 6.15. The van der Waals surface area contributed by atoms with Crippen molar-refractivity contribution < 1.29 is 4.79 Å². The third-order valence-electron chi connectivity index (χ3n) is 3.73. The lowest BCUT2D eigenvalue weighted by atomic mass is 9.97. The molecule has 1 saturated heterocycles. The first-order valence-corrected chi connectivity index (χ1v) is 9.47. The van der Waals surface area contributed by atoms with Gasteiger partial charge in [0.2, 0.25) is 5.91 Å². The maximum atomic E-state index is 12.0. The number of anilines is 1. The summed E-state index contributed by atoms with van der Waals surface area (Å²) in [7, 11) is 0. The fourth-order valence-corrected chi connectivity index (χ4v) is 4.62. The summed E-state index contributed by atoms with van der Waals surface area (Å²) in [6.07, 6.45) is 5.38. The van der Waals surface area contributed by atoms with E-state index in [4.69, 9.17) is 11.6 Å². The molecule has 2 aromatic rings. The second-order valence-corrected chi connectivity index (χ2v) is 7.87. The number of aromatic nitrogens is 1. The van der Waals surface area contributed by atoms with Gasteiger partial charge in [0.25, 0.3) is 0 Å². The third kappa shape index (κ3) is 4.29. The number of halogens is 1. The van der Waals surface area contributed by atoms with Crippen molar-refractivity contribution in [2.24, 2.45) is 0 Å². The highest BCUT2D eigenvalue weighted by molar-refractivity contribution is 7.15. The standard InChI is InChI=1S/C15H18ClN3OS2/c16-11-7-12(21-9-11)1-2-14(20)19-15-18-8-13(22-15)10-3-5-17-6-4-10/h7-10,17H,1-6H2,(H,18,19,20). The van der Waals surface area contributed by atoms with Crippen LogP contribution in [0.2, 0.25) is 5.02 Å². The predicted octanol–water partition coefficient (Wildman–Crippen LogP) is 3.90. The van der Waals surface area contributed by atoms with E-state index in [1.807, 2.05) is 17.6 Å². The van der Waals surface area contributed by atoms with E-state index < -0.39 is 0 Å². The van der Waals surface area contributed by atoms with Gasteiger partial charge in [-0.1, -0.05) is 11.6 Å². The Balaban J connectivity index is 1.50. The molecule has 0 aromatic carbocycles. The number of carbonyl (C=O) groups excluding carboxylic acids is 1. The summed E-state index contributed by atoms with van der Waals surface area (Å²) >= 11 is 9.07. The number of nitrogens with one attached hydrogen (secondary N) is 2. The number of carbonyl (C=O) groups is 1. The smallest absolute Gasteiger partial charge is 0.226 e. The van der Waals surface area contributed by atoms with E-state index in [2.05, 4.69) is 15.6 Å². The van der Waals surface area contributed by atoms with Gasteiger partial charge in [-0.2, -0.15) is 0 Å². The molecule has 1 amide bonds. The Kier molecular flexibility index (Phi) is 5.46. The second kappa shape index (κ2) is 7.55. The first-order chi connectivity index (χ1) is 10.7. The highest BCUT2D eigenvalue weighted by Crippen LogP contribution is 2.31. The van der Waals surface area contributed by atoms with Gasteiger partial charge in [0, 0.05) is 27.8 Å². The fourth-order valence-electron chi connectivity index (χ4n) is 2.54. The zero-order chi connectivity index (χ0) is 15.4. The molecule has 2 aromatic heterocycles. The van der Waals surface area contributed by atoms with Gasteiger partial charge >= 0.3 is 0 Å². The average Bonchev–Trinajstić information content (AvgIpc) is 3.15. The quantitative estimate of drug-likeness (QED) is 0.855. The minimum absolute atomic E-state index is 0.00994. The number of hydrogen-bond acceptors (Lipinski definition) is 5. The number of nitrogens with zero attached hydrogens (tertiary/aromatic N) is 1. The van der Waals surface area contributed by atoms with Crippen molar-refractivity contribution in [2.75, 3.05) is 18.4 Å². The van der Waals surface area contributed by atoms with Crippen LogP contribution in [0.5, 0.6) is 0 Å². The van der Waals surface area contributed by atoms with Crippen molar-refractivity contribution in [3.63, 3.8) is 0 Å². The van der Waals surface area contributed by atoms with Crippen LogP contribution >= 0.6 is 34.3 Å². The van der Waals surface area contributed by atoms with Crippen LogP contribution in [0.4, 0.5) is 5.13 Å². The van der Waals surface area contributed by atoms with Gasteiger partial charge in [-0.3, -0.25) is 4.79 Å². The molecule has 7 heteroatoms. The molecular formula is C15H18ClN3OS2. The lowest BCUT2D eigenvalue weighted by Gasteiger charge is -2.20. The van der Waals surface area contributed by atoms with Crippen LogP contribution in [0.15, 0.2) is 17.6 Å². The monoisotopic (exact) mass is 355 g/mol. The minimum Gasteiger partial charge on any atom is -0.317 e. The molecule has 0 aliphatic carbocycles. The molecule has 3 rings (SSSR count). The molecular weight excluding hydrogens is 338 g/mol. The molecule has 0 radical (unpaired) electrons. The lowest BCUT2D eigenvalue weighted by molar-refractivity contribution is -0.116. The first-order valence-electron chi connectivity index (χ1n) is 7.40. The number of piperidine rings is 1. The molecule has 0 bridgehead atoms. The molecule has 2 N–H and O–H groups in total. The van der Waals surface area contributed by atoms with Crippen LogP contribution in [0.3, 0.4) is 0 Å². The Morgan fingerprint density at radius 3 is 3.00 bits per heavy atom. The number of thiazole rings is 1. The van der Waals surface area contributed by atoms with E-state index in [9.17, 15) is 4.79 Å². The summed E-state index contributed by atoms with van der Waals surface area (Å²) in [6.45, 7) is 2.13. The van der Waals surface area contributed by atoms with Crippen LogP contribution in [-0.2, 0) is 11.2 Å². The van der Waals surface area contributed by atoms with Gasteiger partial charge in [-0.05, 0) is 44.3 Å². The zero-order valence-electron chi connectivity index (χ0n) is 12.1. The van der Waals surface area contributed by atoms with Gasteiger partial charge in [-0.15, -0.1) is 22.7 Å². The van der Waals surface area contributed by atoms with Crippen molar-refractivity contribution >= 4 is 45.3 Å². The van der Waals surface area contributed by atoms with Crippen LogP contribution < -0.4 is 10.6 Å². The summed E-state index contributed by atoms with van der Waals surface area (Å²) in [4.78, 5) is 18.7. The molecule has 3 heterocycles. The van der Waals surface area contributed by atoms with Gasteiger partial charge in [-0.25, -0.2) is 4.98 Å². The summed E-state index contributed by atoms with van der Waals surface area (Å²) < 4.78 is 0. The summed E-state index contributed by atoms with van der Waals surface area (Å²) in [5.41, 5.74) is 0. The SMILES string of the molecule is O=C(CCc1cc(Cl)cs1)Nc1ncc(C2CCNCC2)s1. The molecule has 22 heavy (non-hydrogen) atoms. The molecule has 0 atom stereocenters. The Morgan fingerprint density at radius 1 is 1.45 bits per heavy atom. The number of amides is 1. The van der Waals surface area contributed by atoms with Crippen LogP contribution in [0, 0.1) is 0 Å². The van der Waals surface area contributed by atoms with Crippen molar-refractivity contribution in [2.45, 2.75) is 31.6 Å². The average molecular weight is 356 g/mol. The normalized spacial score (nSPS) is 15.9. The predicted molar refractivity (Wildman–Crippen MR) is 93.2 cm³/mol. The molecule has 1 aliphatic rings. The largest absolute Gasteiger partial charge is 0.317 e. The molecule has 1 aliphatic heterocycles. The van der Waals surface area contributed by atoms with E-state index in [0.717, 1.165) is 42.3 Å². The van der Waals surface area contributed by atoms with Crippen molar-refractivity contribution in [3.05, 3.63) is 32.4 Å². The summed E-state index contributed by atoms with van der Waals surface area (Å²) in [6, 6.07) is 1.91. The topological polar surface area (TPSA) is 54.0 Å². The molecule has 0 unspecified atom stereocenters. The second-order valence-electron chi connectivity index (χ2n) is 5.37. The molecule has 118 valence electrons. The maximum Gasteiger partial charge on any atom is 0.226 e. The summed E-state index contributed by atoms with van der Waals surface area (Å²) in [5, 5.41) is 9.61. The lowest BCUT2D eigenvalue weighted by Crippen LogP contribution is -2.26. The number of aryl methyl sites for hydroxylation is 1. The maximum absolute atomic E-state index is 12.0. The molecule has 4 nitrogen and oxygen atoms in total. The Labute approximate surface area is 142 Å². The molecule has 1 fully saturated rings. The van der Waals surface area contributed by atoms with Gasteiger partial charge in [0.15, 0.2) is 5.13 Å². The number of hydrogen-bond donors (Lipinski definition) is 2. The molecule has 0 spiro atoms. The van der Waals surface area contributed by atoms with Gasteiger partial charge < -0.3 is 10.6 Å². The van der Waals surface area contributed by atoms with E-state index in [0.29, 0.717) is 17.5 Å². The first kappa shape index (κ1) is 15.9. The highest BCUT2D eigenvalue weighted by Gasteiger charge is 2.18.